The maximum atomic E-state index is 5.74. The van der Waals surface area contributed by atoms with Gasteiger partial charge in [0, 0.05) is 39.7 Å². The van der Waals surface area contributed by atoms with E-state index in [4.69, 9.17) is 9.47 Å². The van der Waals surface area contributed by atoms with E-state index in [1.807, 2.05) is 19.2 Å². The van der Waals surface area contributed by atoms with E-state index >= 15 is 0 Å². The summed E-state index contributed by atoms with van der Waals surface area (Å²) in [5, 5.41) is 3.42. The Labute approximate surface area is 139 Å². The average molecular weight is 319 g/mol. The normalized spacial score (nSPS) is 18.3. The standard InChI is InChI=1S/C18H29N3O2/c1-15-5-7-17(8-6-15)23-12-4-10-20-18(19-2)21-11-9-16(13-21)14-22-3/h5-8,16H,4,9-14H2,1-3H3,(H,19,20). The zero-order chi connectivity index (χ0) is 16.5. The number of aliphatic imine (C=N–C) groups is 1. The maximum Gasteiger partial charge on any atom is 0.193 e. The lowest BCUT2D eigenvalue weighted by molar-refractivity contribution is 0.157. The molecule has 23 heavy (non-hydrogen) atoms. The number of aryl methyl sites for hydroxylation is 1. The van der Waals surface area contributed by atoms with E-state index in [0.29, 0.717) is 12.5 Å². The molecule has 1 aromatic carbocycles. The third-order valence-electron chi connectivity index (χ3n) is 4.09. The molecule has 0 bridgehead atoms. The number of likely N-dealkylation sites (tertiary alicyclic amines) is 1. The summed E-state index contributed by atoms with van der Waals surface area (Å²) >= 11 is 0. The Bertz CT molecular complexity index is 488. The summed E-state index contributed by atoms with van der Waals surface area (Å²) in [5.41, 5.74) is 1.25. The Morgan fingerprint density at radius 2 is 2.13 bits per heavy atom. The summed E-state index contributed by atoms with van der Waals surface area (Å²) in [7, 11) is 3.61. The summed E-state index contributed by atoms with van der Waals surface area (Å²) in [4.78, 5) is 6.69. The first-order valence-electron chi connectivity index (χ1n) is 8.37. The van der Waals surface area contributed by atoms with Gasteiger partial charge in [0.2, 0.25) is 0 Å². The Morgan fingerprint density at radius 1 is 1.35 bits per heavy atom. The van der Waals surface area contributed by atoms with Crippen LogP contribution in [-0.2, 0) is 4.74 Å². The summed E-state index contributed by atoms with van der Waals surface area (Å²) in [6, 6.07) is 8.17. The monoisotopic (exact) mass is 319 g/mol. The fraction of sp³-hybridized carbons (Fsp3) is 0.611. The molecule has 1 atom stereocenters. The van der Waals surface area contributed by atoms with Crippen LogP contribution in [0.2, 0.25) is 0 Å². The van der Waals surface area contributed by atoms with Crippen LogP contribution in [-0.4, -0.2) is 57.9 Å². The molecule has 128 valence electrons. The molecule has 0 radical (unpaired) electrons. The van der Waals surface area contributed by atoms with Crippen LogP contribution in [0.5, 0.6) is 5.75 Å². The van der Waals surface area contributed by atoms with E-state index < -0.39 is 0 Å². The van der Waals surface area contributed by atoms with Crippen LogP contribution in [0.1, 0.15) is 18.4 Å². The van der Waals surface area contributed by atoms with Crippen molar-refractivity contribution < 1.29 is 9.47 Å². The second-order valence-corrected chi connectivity index (χ2v) is 6.05. The molecule has 1 aliphatic heterocycles. The Morgan fingerprint density at radius 3 is 2.83 bits per heavy atom. The zero-order valence-corrected chi connectivity index (χ0v) is 14.5. The van der Waals surface area contributed by atoms with Gasteiger partial charge in [0.25, 0.3) is 0 Å². The number of nitrogens with zero attached hydrogens (tertiary/aromatic N) is 2. The highest BCUT2D eigenvalue weighted by molar-refractivity contribution is 5.80. The highest BCUT2D eigenvalue weighted by Gasteiger charge is 2.24. The molecule has 1 aromatic rings. The van der Waals surface area contributed by atoms with Crippen molar-refractivity contribution in [1.29, 1.82) is 0 Å². The van der Waals surface area contributed by atoms with E-state index in [0.717, 1.165) is 44.4 Å². The minimum atomic E-state index is 0.614. The molecule has 0 aliphatic carbocycles. The second-order valence-electron chi connectivity index (χ2n) is 6.05. The van der Waals surface area contributed by atoms with Crippen LogP contribution in [0.4, 0.5) is 0 Å². The fourth-order valence-electron chi connectivity index (χ4n) is 2.83. The van der Waals surface area contributed by atoms with E-state index in [2.05, 4.69) is 34.3 Å². The lowest BCUT2D eigenvalue weighted by Gasteiger charge is -2.21. The summed E-state index contributed by atoms with van der Waals surface area (Å²) in [6.45, 7) is 6.55. The van der Waals surface area contributed by atoms with Crippen molar-refractivity contribution in [2.45, 2.75) is 19.8 Å². The van der Waals surface area contributed by atoms with Gasteiger partial charge < -0.3 is 19.7 Å². The molecule has 2 rings (SSSR count). The average Bonchev–Trinajstić information content (AvgIpc) is 3.01. The number of hydrogen-bond acceptors (Lipinski definition) is 3. The van der Waals surface area contributed by atoms with E-state index in [1.54, 1.807) is 7.11 Å². The SMILES string of the molecule is CN=C(NCCCOc1ccc(C)cc1)N1CCC(COC)C1. The van der Waals surface area contributed by atoms with E-state index in [-0.39, 0.29) is 0 Å². The molecule has 0 aromatic heterocycles. The highest BCUT2D eigenvalue weighted by atomic mass is 16.5. The first-order valence-corrected chi connectivity index (χ1v) is 8.37. The van der Waals surface area contributed by atoms with Gasteiger partial charge in [0.05, 0.1) is 13.2 Å². The molecule has 1 saturated heterocycles. The van der Waals surface area contributed by atoms with Crippen molar-refractivity contribution in [2.24, 2.45) is 10.9 Å². The smallest absolute Gasteiger partial charge is 0.193 e. The van der Waals surface area contributed by atoms with Gasteiger partial charge in [-0.1, -0.05) is 17.7 Å². The quantitative estimate of drug-likeness (QED) is 0.476. The number of guanidine groups is 1. The molecule has 1 fully saturated rings. The van der Waals surface area contributed by atoms with Crippen molar-refractivity contribution in [3.05, 3.63) is 29.8 Å². The van der Waals surface area contributed by atoms with Gasteiger partial charge in [-0.25, -0.2) is 0 Å². The third kappa shape index (κ3) is 5.75. The molecular formula is C18H29N3O2. The van der Waals surface area contributed by atoms with Gasteiger partial charge in [-0.05, 0) is 31.9 Å². The van der Waals surface area contributed by atoms with Gasteiger partial charge in [0.1, 0.15) is 5.75 Å². The number of benzene rings is 1. The van der Waals surface area contributed by atoms with Crippen LogP contribution < -0.4 is 10.1 Å². The number of hydrogen-bond donors (Lipinski definition) is 1. The Balaban J connectivity index is 1.63. The molecule has 5 heteroatoms. The van der Waals surface area contributed by atoms with Crippen LogP contribution in [0.3, 0.4) is 0 Å². The van der Waals surface area contributed by atoms with Crippen LogP contribution in [0.25, 0.3) is 0 Å². The van der Waals surface area contributed by atoms with Crippen molar-refractivity contribution >= 4 is 5.96 Å². The molecule has 1 unspecified atom stereocenters. The van der Waals surface area contributed by atoms with Gasteiger partial charge in [0.15, 0.2) is 5.96 Å². The largest absolute Gasteiger partial charge is 0.494 e. The molecule has 1 aliphatic rings. The Hall–Kier alpha value is -1.75. The van der Waals surface area contributed by atoms with Gasteiger partial charge in [-0.2, -0.15) is 0 Å². The van der Waals surface area contributed by atoms with E-state index in [9.17, 15) is 0 Å². The predicted octanol–water partition coefficient (Wildman–Crippen LogP) is 2.31. The lowest BCUT2D eigenvalue weighted by Crippen LogP contribution is -2.40. The van der Waals surface area contributed by atoms with Crippen LogP contribution >= 0.6 is 0 Å². The molecule has 0 saturated carbocycles. The molecular weight excluding hydrogens is 290 g/mol. The van der Waals surface area contributed by atoms with Crippen molar-refractivity contribution in [2.75, 3.05) is 47.0 Å². The molecule has 0 spiro atoms. The van der Waals surface area contributed by atoms with Crippen molar-refractivity contribution in [3.8, 4) is 5.75 Å². The first kappa shape index (κ1) is 17.6. The third-order valence-corrected chi connectivity index (χ3v) is 4.09. The molecule has 1 heterocycles. The lowest BCUT2D eigenvalue weighted by atomic mass is 10.1. The maximum absolute atomic E-state index is 5.74. The number of methoxy groups -OCH3 is 1. The molecule has 5 nitrogen and oxygen atoms in total. The van der Waals surface area contributed by atoms with Crippen LogP contribution in [0, 0.1) is 12.8 Å². The minimum Gasteiger partial charge on any atom is -0.494 e. The molecule has 1 N–H and O–H groups in total. The van der Waals surface area contributed by atoms with Gasteiger partial charge in [-0.3, -0.25) is 4.99 Å². The topological polar surface area (TPSA) is 46.1 Å². The number of nitrogens with one attached hydrogen (secondary N) is 1. The molecule has 0 amide bonds. The van der Waals surface area contributed by atoms with Gasteiger partial charge in [-0.15, -0.1) is 0 Å². The predicted molar refractivity (Wildman–Crippen MR) is 94.2 cm³/mol. The van der Waals surface area contributed by atoms with Gasteiger partial charge >= 0.3 is 0 Å². The van der Waals surface area contributed by atoms with Crippen LogP contribution in [0.15, 0.2) is 29.3 Å². The number of ether oxygens (including phenoxy) is 2. The number of rotatable bonds is 7. The second kappa shape index (κ2) is 9.40. The van der Waals surface area contributed by atoms with Crippen molar-refractivity contribution in [1.82, 2.24) is 10.2 Å². The minimum absolute atomic E-state index is 0.614. The fourth-order valence-corrected chi connectivity index (χ4v) is 2.83. The summed E-state index contributed by atoms with van der Waals surface area (Å²) in [6.07, 6.45) is 2.12. The zero-order valence-electron chi connectivity index (χ0n) is 14.5. The highest BCUT2D eigenvalue weighted by Crippen LogP contribution is 2.16. The summed E-state index contributed by atoms with van der Waals surface area (Å²) in [5.74, 6) is 2.53. The van der Waals surface area contributed by atoms with Crippen molar-refractivity contribution in [3.63, 3.8) is 0 Å². The summed E-state index contributed by atoms with van der Waals surface area (Å²) < 4.78 is 11.0. The van der Waals surface area contributed by atoms with E-state index in [1.165, 1.54) is 12.0 Å². The Kier molecular flexibility index (Phi) is 7.20. The first-order chi connectivity index (χ1) is 11.2.